The van der Waals surface area contributed by atoms with E-state index in [-0.39, 0.29) is 18.7 Å². The molecule has 0 aromatic rings. The molecule has 94 valence electrons. The standard InChI is InChI=1S/C6H14O6S2.H2O/c1-13(7,8)11-5-3-4-6-12-14(2,9)10;/h3-6H2,1-2H3;1H2. The minimum atomic E-state index is -3.40. The maximum atomic E-state index is 10.5. The predicted octanol–water partition coefficient (Wildman–Crippen LogP) is -1.11. The van der Waals surface area contributed by atoms with Crippen LogP contribution in [-0.4, -0.2) is 48.0 Å². The van der Waals surface area contributed by atoms with E-state index in [0.717, 1.165) is 12.5 Å². The average molecular weight is 264 g/mol. The van der Waals surface area contributed by atoms with Crippen LogP contribution in [0.15, 0.2) is 0 Å². The van der Waals surface area contributed by atoms with Gasteiger partial charge < -0.3 is 5.48 Å². The molecule has 0 aromatic carbocycles. The summed E-state index contributed by atoms with van der Waals surface area (Å²) in [6, 6.07) is 0. The van der Waals surface area contributed by atoms with E-state index in [1.807, 2.05) is 0 Å². The Morgan fingerprint density at radius 1 is 0.800 bits per heavy atom. The molecule has 0 radical (unpaired) electrons. The summed E-state index contributed by atoms with van der Waals surface area (Å²) in [6.07, 6.45) is 2.78. The summed E-state index contributed by atoms with van der Waals surface area (Å²) in [7, 11) is -6.80. The van der Waals surface area contributed by atoms with Crippen LogP contribution in [0, 0.1) is 0 Å². The molecular weight excluding hydrogens is 248 g/mol. The van der Waals surface area contributed by atoms with E-state index >= 15 is 0 Å². The fourth-order valence-corrected chi connectivity index (χ4v) is 1.47. The van der Waals surface area contributed by atoms with E-state index in [1.165, 1.54) is 0 Å². The summed E-state index contributed by atoms with van der Waals surface area (Å²) in [5, 5.41) is 0. The minimum Gasteiger partial charge on any atom is -0.412 e. The quantitative estimate of drug-likeness (QED) is 0.425. The Morgan fingerprint density at radius 2 is 1.07 bits per heavy atom. The Balaban J connectivity index is 0. The molecule has 0 aliphatic carbocycles. The van der Waals surface area contributed by atoms with Gasteiger partial charge in [-0.3, -0.25) is 8.37 Å². The summed E-state index contributed by atoms with van der Waals surface area (Å²) in [4.78, 5) is 0. The molecule has 0 spiro atoms. The van der Waals surface area contributed by atoms with E-state index in [9.17, 15) is 16.8 Å². The van der Waals surface area contributed by atoms with Crippen LogP contribution in [0.5, 0.6) is 0 Å². The molecule has 9 heteroatoms. The molecule has 0 fully saturated rings. The summed E-state index contributed by atoms with van der Waals surface area (Å²) >= 11 is 0. The molecule has 0 aromatic heterocycles. The highest BCUT2D eigenvalue weighted by Crippen LogP contribution is 1.96. The largest absolute Gasteiger partial charge is 0.412 e. The first-order valence-electron chi connectivity index (χ1n) is 3.89. The second-order valence-corrected chi connectivity index (χ2v) is 6.05. The Kier molecular flexibility index (Phi) is 8.16. The lowest BCUT2D eigenvalue weighted by atomic mass is 10.3. The monoisotopic (exact) mass is 264 g/mol. The highest BCUT2D eigenvalue weighted by molar-refractivity contribution is 7.86. The molecule has 7 nitrogen and oxygen atoms in total. The molecule has 2 N–H and O–H groups in total. The van der Waals surface area contributed by atoms with Gasteiger partial charge in [-0.1, -0.05) is 0 Å². The zero-order valence-electron chi connectivity index (χ0n) is 8.59. The molecule has 0 unspecified atom stereocenters. The lowest BCUT2D eigenvalue weighted by molar-refractivity contribution is 0.273. The lowest BCUT2D eigenvalue weighted by Gasteiger charge is -2.01. The third-order valence-corrected chi connectivity index (χ3v) is 2.32. The second kappa shape index (κ2) is 7.12. The molecule has 0 aliphatic heterocycles. The SMILES string of the molecule is CS(=O)(=O)OCCCCOS(C)(=O)=O.O. The van der Waals surface area contributed by atoms with Crippen molar-refractivity contribution in [2.45, 2.75) is 12.8 Å². The van der Waals surface area contributed by atoms with Gasteiger partial charge in [0, 0.05) is 0 Å². The van der Waals surface area contributed by atoms with E-state index in [2.05, 4.69) is 8.37 Å². The van der Waals surface area contributed by atoms with Crippen LogP contribution in [-0.2, 0) is 28.6 Å². The fourth-order valence-electron chi connectivity index (χ4n) is 0.625. The predicted molar refractivity (Wildman–Crippen MR) is 54.4 cm³/mol. The molecule has 0 aliphatic rings. The second-order valence-electron chi connectivity index (χ2n) is 2.76. The van der Waals surface area contributed by atoms with Crippen LogP contribution in [0.25, 0.3) is 0 Å². The van der Waals surface area contributed by atoms with Crippen molar-refractivity contribution in [2.24, 2.45) is 0 Å². The highest BCUT2D eigenvalue weighted by Gasteiger charge is 2.02. The molecule has 0 atom stereocenters. The van der Waals surface area contributed by atoms with Crippen LogP contribution in [0.4, 0.5) is 0 Å². The van der Waals surface area contributed by atoms with Crippen molar-refractivity contribution in [1.29, 1.82) is 0 Å². The van der Waals surface area contributed by atoms with Gasteiger partial charge in [0.15, 0.2) is 0 Å². The van der Waals surface area contributed by atoms with Crippen LogP contribution in [0.3, 0.4) is 0 Å². The van der Waals surface area contributed by atoms with Crippen molar-refractivity contribution >= 4 is 20.2 Å². The third-order valence-electron chi connectivity index (χ3n) is 1.13. The van der Waals surface area contributed by atoms with Crippen molar-refractivity contribution in [1.82, 2.24) is 0 Å². The van der Waals surface area contributed by atoms with Gasteiger partial charge in [0.25, 0.3) is 20.2 Å². The van der Waals surface area contributed by atoms with Gasteiger partial charge in [-0.15, -0.1) is 0 Å². The highest BCUT2D eigenvalue weighted by atomic mass is 32.2. The van der Waals surface area contributed by atoms with E-state index < -0.39 is 20.2 Å². The fraction of sp³-hybridized carbons (Fsp3) is 1.00. The van der Waals surface area contributed by atoms with E-state index in [1.54, 1.807) is 0 Å². The smallest absolute Gasteiger partial charge is 0.264 e. The Bertz CT molecular complexity index is 306. The zero-order chi connectivity index (χ0) is 11.2. The molecule has 0 heterocycles. The van der Waals surface area contributed by atoms with Crippen molar-refractivity contribution in [3.8, 4) is 0 Å². The van der Waals surface area contributed by atoms with Gasteiger partial charge in [0.2, 0.25) is 0 Å². The van der Waals surface area contributed by atoms with E-state index in [0.29, 0.717) is 12.8 Å². The number of rotatable bonds is 7. The first-order chi connectivity index (χ1) is 6.21. The van der Waals surface area contributed by atoms with Gasteiger partial charge in [0.1, 0.15) is 0 Å². The molecule has 0 amide bonds. The van der Waals surface area contributed by atoms with E-state index in [4.69, 9.17) is 0 Å². The molecule has 0 rings (SSSR count). The molecule has 15 heavy (non-hydrogen) atoms. The first-order valence-corrected chi connectivity index (χ1v) is 7.53. The average Bonchev–Trinajstić information content (AvgIpc) is 1.92. The van der Waals surface area contributed by atoms with Gasteiger partial charge in [-0.2, -0.15) is 16.8 Å². The van der Waals surface area contributed by atoms with Gasteiger partial charge >= 0.3 is 0 Å². The number of hydrogen-bond acceptors (Lipinski definition) is 6. The van der Waals surface area contributed by atoms with Crippen LogP contribution >= 0.6 is 0 Å². The topological polar surface area (TPSA) is 118 Å². The summed E-state index contributed by atoms with van der Waals surface area (Å²) in [5.41, 5.74) is 0. The number of hydrogen-bond donors (Lipinski definition) is 0. The Labute approximate surface area is 89.9 Å². The maximum Gasteiger partial charge on any atom is 0.264 e. The van der Waals surface area contributed by atoms with Crippen molar-refractivity contribution < 1.29 is 30.7 Å². The molecule has 0 bridgehead atoms. The van der Waals surface area contributed by atoms with Crippen molar-refractivity contribution in [2.75, 3.05) is 25.7 Å². The normalized spacial score (nSPS) is 12.1. The van der Waals surface area contributed by atoms with Crippen molar-refractivity contribution in [3.63, 3.8) is 0 Å². The summed E-state index contributed by atoms with van der Waals surface area (Å²) in [6.45, 7) is 0.0951. The van der Waals surface area contributed by atoms with Crippen LogP contribution < -0.4 is 0 Å². The number of unbranched alkanes of at least 4 members (excludes halogenated alkanes) is 1. The summed E-state index contributed by atoms with van der Waals surface area (Å²) < 4.78 is 50.8. The van der Waals surface area contributed by atoms with Crippen LogP contribution in [0.2, 0.25) is 0 Å². The van der Waals surface area contributed by atoms with Gasteiger partial charge in [0.05, 0.1) is 25.7 Å². The minimum absolute atomic E-state index is 0. The Hall–Kier alpha value is -0.220. The molecular formula is C6H16O7S2. The lowest BCUT2D eigenvalue weighted by Crippen LogP contribution is -2.07. The van der Waals surface area contributed by atoms with Crippen LogP contribution in [0.1, 0.15) is 12.8 Å². The first kappa shape index (κ1) is 17.2. The van der Waals surface area contributed by atoms with Crippen molar-refractivity contribution in [3.05, 3.63) is 0 Å². The maximum absolute atomic E-state index is 10.5. The van der Waals surface area contributed by atoms with Gasteiger partial charge in [-0.25, -0.2) is 0 Å². The van der Waals surface area contributed by atoms with Gasteiger partial charge in [-0.05, 0) is 12.8 Å². The third kappa shape index (κ3) is 16.5. The molecule has 0 saturated heterocycles. The zero-order valence-corrected chi connectivity index (χ0v) is 10.2. The molecule has 0 saturated carbocycles. The Morgan fingerprint density at radius 3 is 1.27 bits per heavy atom. The summed E-state index contributed by atoms with van der Waals surface area (Å²) in [5.74, 6) is 0.